The Morgan fingerprint density at radius 1 is 0.978 bits per heavy atom. The first-order valence-corrected chi connectivity index (χ1v) is 15.7. The molecule has 0 radical (unpaired) electrons. The molecule has 1 saturated carbocycles. The van der Waals surface area contributed by atoms with E-state index in [1.54, 1.807) is 41.6 Å². The first kappa shape index (κ1) is 31.1. The zero-order valence-electron chi connectivity index (χ0n) is 25.6. The van der Waals surface area contributed by atoms with Crippen LogP contribution in [0.1, 0.15) is 31.2 Å². The average molecular weight is 626 g/mol. The molecule has 2 aromatic heterocycles. The Labute approximate surface area is 266 Å². The van der Waals surface area contributed by atoms with Crippen LogP contribution in [-0.2, 0) is 20.7 Å². The van der Waals surface area contributed by atoms with E-state index in [0.717, 1.165) is 42.6 Å². The normalized spacial score (nSPS) is 19.0. The van der Waals surface area contributed by atoms with E-state index < -0.39 is 17.6 Å². The first-order valence-electron chi connectivity index (χ1n) is 15.7. The van der Waals surface area contributed by atoms with Crippen molar-refractivity contribution in [3.63, 3.8) is 0 Å². The summed E-state index contributed by atoms with van der Waals surface area (Å²) in [5, 5.41) is 6.35. The summed E-state index contributed by atoms with van der Waals surface area (Å²) < 4.78 is 5.43. The quantitative estimate of drug-likeness (QED) is 0.205. The number of carbonyl (C=O) groups excluding carboxylic acids is 2. The summed E-state index contributed by atoms with van der Waals surface area (Å²) in [5.74, 6) is 0.447. The number of nitrogens with two attached hydrogens (primary N) is 2. The summed E-state index contributed by atoms with van der Waals surface area (Å²) in [4.78, 5) is 54.4. The Morgan fingerprint density at radius 3 is 2.33 bits per heavy atom. The van der Waals surface area contributed by atoms with E-state index in [-0.39, 0.29) is 18.2 Å². The van der Waals surface area contributed by atoms with E-state index in [1.165, 1.54) is 0 Å². The molecule has 2 aromatic carbocycles. The zero-order valence-corrected chi connectivity index (χ0v) is 25.6. The Morgan fingerprint density at radius 2 is 1.70 bits per heavy atom. The van der Waals surface area contributed by atoms with E-state index in [0.29, 0.717) is 61.5 Å². The van der Waals surface area contributed by atoms with Crippen LogP contribution in [0.25, 0.3) is 22.5 Å². The Kier molecular flexibility index (Phi) is 9.50. The van der Waals surface area contributed by atoms with Gasteiger partial charge in [-0.1, -0.05) is 24.3 Å². The van der Waals surface area contributed by atoms with Gasteiger partial charge in [0.05, 0.1) is 13.2 Å². The highest BCUT2D eigenvalue weighted by Crippen LogP contribution is 2.33. The lowest BCUT2D eigenvalue weighted by atomic mass is 9.81. The van der Waals surface area contributed by atoms with E-state index >= 15 is 0 Å². The second-order valence-electron chi connectivity index (χ2n) is 11.9. The van der Waals surface area contributed by atoms with Crippen molar-refractivity contribution in [1.29, 1.82) is 0 Å². The molecule has 6 N–H and O–H groups in total. The van der Waals surface area contributed by atoms with Gasteiger partial charge < -0.3 is 21.1 Å². The molecular formula is C33H39N9O4. The number of amides is 2. The molecule has 1 aliphatic carbocycles. The highest BCUT2D eigenvalue weighted by molar-refractivity contribution is 6.01. The van der Waals surface area contributed by atoms with Crippen LogP contribution in [0, 0.1) is 11.8 Å². The van der Waals surface area contributed by atoms with E-state index in [9.17, 15) is 14.4 Å². The number of morpholine rings is 1. The second-order valence-corrected chi connectivity index (χ2v) is 11.9. The van der Waals surface area contributed by atoms with Crippen molar-refractivity contribution in [1.82, 2.24) is 25.1 Å². The van der Waals surface area contributed by atoms with E-state index in [4.69, 9.17) is 16.2 Å². The molecule has 240 valence electrons. The monoisotopic (exact) mass is 625 g/mol. The molecule has 0 unspecified atom stereocenters. The highest BCUT2D eigenvalue weighted by atomic mass is 16.5. The van der Waals surface area contributed by atoms with Crippen LogP contribution in [0.4, 0.5) is 11.6 Å². The fourth-order valence-corrected chi connectivity index (χ4v) is 6.31. The van der Waals surface area contributed by atoms with Gasteiger partial charge in [0, 0.05) is 54.6 Å². The fourth-order valence-electron chi connectivity index (χ4n) is 6.31. The maximum absolute atomic E-state index is 14.2. The summed E-state index contributed by atoms with van der Waals surface area (Å²) in [6, 6.07) is 13.9. The van der Waals surface area contributed by atoms with Crippen molar-refractivity contribution < 1.29 is 14.3 Å². The topological polar surface area (TPSA) is 189 Å². The summed E-state index contributed by atoms with van der Waals surface area (Å²) in [6.07, 6.45) is 6.93. The van der Waals surface area contributed by atoms with Crippen LogP contribution >= 0.6 is 0 Å². The van der Waals surface area contributed by atoms with Crippen molar-refractivity contribution in [2.75, 3.05) is 42.6 Å². The number of aromatic amines is 2. The molecule has 4 aromatic rings. The lowest BCUT2D eigenvalue weighted by molar-refractivity contribution is -0.127. The van der Waals surface area contributed by atoms with Gasteiger partial charge in [0.25, 0.3) is 0 Å². The number of anilines is 2. The molecule has 13 heteroatoms. The Bertz CT molecular complexity index is 1690. The van der Waals surface area contributed by atoms with E-state index in [1.807, 2.05) is 24.3 Å². The molecule has 1 atom stereocenters. The predicted octanol–water partition coefficient (Wildman–Crippen LogP) is 2.25. The maximum atomic E-state index is 14.2. The maximum Gasteiger partial charge on any atom is 0.340 e. The number of hydrogen-bond donors (Lipinski definition) is 4. The Balaban J connectivity index is 1.28. The van der Waals surface area contributed by atoms with Gasteiger partial charge in [-0.05, 0) is 73.5 Å². The fraction of sp³-hybridized carbons (Fsp3) is 0.394. The van der Waals surface area contributed by atoms with E-state index in [2.05, 4.69) is 30.0 Å². The third kappa shape index (κ3) is 7.00. The van der Waals surface area contributed by atoms with Crippen LogP contribution in [0.2, 0.25) is 0 Å². The number of primary amides is 1. The largest absolute Gasteiger partial charge is 0.378 e. The lowest BCUT2D eigenvalue weighted by Crippen LogP contribution is -2.52. The minimum absolute atomic E-state index is 0.136. The molecule has 46 heavy (non-hydrogen) atoms. The summed E-state index contributed by atoms with van der Waals surface area (Å²) in [5.41, 5.74) is 15.3. The highest BCUT2D eigenvalue weighted by Gasteiger charge is 2.36. The van der Waals surface area contributed by atoms with Crippen LogP contribution < -0.4 is 27.0 Å². The van der Waals surface area contributed by atoms with Crippen LogP contribution in [0.15, 0.2) is 65.7 Å². The molecule has 0 spiro atoms. The SMILES string of the molecule is NCC1CCC(C(=O)N(c2ccc(-c3n[nH]c(=O)[nH]3)cc2)[C@@H](Cc2cccc(-c3cnc(N4CCOCC4)nc3)c2)C(N)=O)CC1. The van der Waals surface area contributed by atoms with Gasteiger partial charge in [-0.15, -0.1) is 0 Å². The number of ether oxygens (including phenoxy) is 1. The number of carbonyl (C=O) groups is 2. The van der Waals surface area contributed by atoms with Gasteiger partial charge in [0.1, 0.15) is 6.04 Å². The standard InChI is InChI=1S/C33H39N9O4/c34-18-21-4-6-24(7-5-21)31(44)42(27-10-8-23(9-11-27)30-38-33(45)40-39-30)28(29(35)43)17-22-2-1-3-25(16-22)26-19-36-32(37-20-26)41-12-14-46-15-13-41/h1-3,8-11,16,19-21,24,28H,4-7,12-15,17-18,34H2,(H2,35,43)(H2,38,39,40,45)/t21?,24?,28-/m0/s1. The molecule has 2 amide bonds. The summed E-state index contributed by atoms with van der Waals surface area (Å²) >= 11 is 0. The number of benzene rings is 2. The number of nitrogens with zero attached hydrogens (tertiary/aromatic N) is 5. The average Bonchev–Trinajstić information content (AvgIpc) is 3.55. The summed E-state index contributed by atoms with van der Waals surface area (Å²) in [6.45, 7) is 3.40. The zero-order chi connectivity index (χ0) is 32.0. The third-order valence-corrected chi connectivity index (χ3v) is 8.95. The number of aromatic nitrogens is 5. The van der Waals surface area contributed by atoms with Gasteiger partial charge in [-0.25, -0.2) is 19.9 Å². The van der Waals surface area contributed by atoms with Gasteiger partial charge >= 0.3 is 5.69 Å². The van der Waals surface area contributed by atoms with Crippen molar-refractivity contribution in [3.8, 4) is 22.5 Å². The molecule has 13 nitrogen and oxygen atoms in total. The Hall–Kier alpha value is -4.88. The van der Waals surface area contributed by atoms with Crippen molar-refractivity contribution in [2.24, 2.45) is 23.3 Å². The number of rotatable bonds is 10. The molecule has 1 aliphatic heterocycles. The smallest absolute Gasteiger partial charge is 0.340 e. The molecule has 2 aliphatic rings. The number of hydrogen-bond acceptors (Lipinski definition) is 9. The molecule has 0 bridgehead atoms. The second kappa shape index (κ2) is 14.0. The molecular weight excluding hydrogens is 586 g/mol. The minimum atomic E-state index is -0.939. The van der Waals surface area contributed by atoms with Crippen molar-refractivity contribution >= 4 is 23.5 Å². The molecule has 3 heterocycles. The number of H-pyrrole nitrogens is 2. The first-order chi connectivity index (χ1) is 22.4. The summed E-state index contributed by atoms with van der Waals surface area (Å²) in [7, 11) is 0. The third-order valence-electron chi connectivity index (χ3n) is 8.95. The van der Waals surface area contributed by atoms with Crippen LogP contribution in [-0.4, -0.2) is 75.9 Å². The molecule has 1 saturated heterocycles. The number of nitrogens with one attached hydrogen (secondary N) is 2. The molecule has 6 rings (SSSR count). The lowest BCUT2D eigenvalue weighted by Gasteiger charge is -2.35. The van der Waals surface area contributed by atoms with Gasteiger partial charge in [0.2, 0.25) is 17.8 Å². The van der Waals surface area contributed by atoms with Crippen LogP contribution in [0.5, 0.6) is 0 Å². The minimum Gasteiger partial charge on any atom is -0.378 e. The van der Waals surface area contributed by atoms with Crippen molar-refractivity contribution in [2.45, 2.75) is 38.1 Å². The van der Waals surface area contributed by atoms with Gasteiger partial charge in [0.15, 0.2) is 5.82 Å². The predicted molar refractivity (Wildman–Crippen MR) is 174 cm³/mol. The van der Waals surface area contributed by atoms with Crippen molar-refractivity contribution in [3.05, 3.63) is 77.0 Å². The van der Waals surface area contributed by atoms with Gasteiger partial charge in [-0.2, -0.15) is 5.10 Å². The molecule has 2 fully saturated rings. The van der Waals surface area contributed by atoms with Gasteiger partial charge in [-0.3, -0.25) is 19.5 Å². The van der Waals surface area contributed by atoms with Crippen LogP contribution in [0.3, 0.4) is 0 Å².